The molecule has 0 N–H and O–H groups in total. The summed E-state index contributed by atoms with van der Waals surface area (Å²) in [6.07, 6.45) is 5.06. The minimum atomic E-state index is -1.02. The van der Waals surface area contributed by atoms with Crippen LogP contribution in [0.2, 0.25) is 0 Å². The molecule has 1 fully saturated rings. The Hall–Kier alpha value is -2.01. The first-order valence-corrected chi connectivity index (χ1v) is 10.1. The van der Waals surface area contributed by atoms with Crippen LogP contribution in [0.15, 0.2) is 30.3 Å². The summed E-state index contributed by atoms with van der Waals surface area (Å²) >= 11 is 0. The molecule has 152 valence electrons. The lowest BCUT2D eigenvalue weighted by atomic mass is 9.88. The van der Waals surface area contributed by atoms with Crippen LogP contribution < -0.4 is 4.74 Å². The molecule has 0 amide bonds. The van der Waals surface area contributed by atoms with Crippen LogP contribution in [-0.2, 0) is 4.74 Å². The summed E-state index contributed by atoms with van der Waals surface area (Å²) in [5.74, 6) is -2.39. The highest BCUT2D eigenvalue weighted by atomic mass is 19.2. The number of unbranched alkanes of at least 4 members (excludes halogenated alkanes) is 1. The average Bonchev–Trinajstić information content (AvgIpc) is 2.70. The largest absolute Gasteiger partial charge is 0.494 e. The van der Waals surface area contributed by atoms with E-state index in [2.05, 4.69) is 6.92 Å². The first kappa shape index (κ1) is 20.7. The third-order valence-electron chi connectivity index (χ3n) is 5.34. The molecule has 2 unspecified atom stereocenters. The molecule has 5 heteroatoms. The zero-order valence-corrected chi connectivity index (χ0v) is 16.4. The molecule has 1 heterocycles. The van der Waals surface area contributed by atoms with Crippen molar-refractivity contribution in [3.63, 3.8) is 0 Å². The van der Waals surface area contributed by atoms with Crippen molar-refractivity contribution in [2.24, 2.45) is 0 Å². The van der Waals surface area contributed by atoms with Gasteiger partial charge in [0, 0.05) is 23.1 Å². The monoisotopic (exact) mass is 392 g/mol. The summed E-state index contributed by atoms with van der Waals surface area (Å²) in [5, 5.41) is 0. The van der Waals surface area contributed by atoms with E-state index in [0.29, 0.717) is 24.5 Å². The summed E-state index contributed by atoms with van der Waals surface area (Å²) in [5.41, 5.74) is 0.242. The Kier molecular flexibility index (Phi) is 7.00. The maximum Gasteiger partial charge on any atom is 0.167 e. The van der Waals surface area contributed by atoms with Crippen molar-refractivity contribution in [1.82, 2.24) is 0 Å². The van der Waals surface area contributed by atoms with Crippen LogP contribution in [0, 0.1) is 17.5 Å². The van der Waals surface area contributed by atoms with Crippen molar-refractivity contribution in [3.05, 3.63) is 53.3 Å². The predicted octanol–water partition coefficient (Wildman–Crippen LogP) is 6.62. The summed E-state index contributed by atoms with van der Waals surface area (Å²) in [6, 6.07) is 7.17. The van der Waals surface area contributed by atoms with Crippen LogP contribution in [-0.4, -0.2) is 19.3 Å². The van der Waals surface area contributed by atoms with Gasteiger partial charge >= 0.3 is 0 Å². The number of hydrogen-bond donors (Lipinski definition) is 0. The van der Waals surface area contributed by atoms with Gasteiger partial charge in [0.25, 0.3) is 0 Å². The van der Waals surface area contributed by atoms with Gasteiger partial charge in [-0.05, 0) is 43.9 Å². The van der Waals surface area contributed by atoms with E-state index in [0.717, 1.165) is 32.1 Å². The molecule has 28 heavy (non-hydrogen) atoms. The lowest BCUT2D eigenvalue weighted by molar-refractivity contribution is -0.00258. The fourth-order valence-corrected chi connectivity index (χ4v) is 3.77. The Morgan fingerprint density at radius 3 is 2.43 bits per heavy atom. The molecule has 1 aliphatic heterocycles. The Balaban J connectivity index is 1.79. The van der Waals surface area contributed by atoms with Crippen molar-refractivity contribution < 1.29 is 22.6 Å². The molecular formula is C23H27F3O2. The molecular weight excluding hydrogens is 365 g/mol. The zero-order valence-electron chi connectivity index (χ0n) is 16.4. The van der Waals surface area contributed by atoms with Gasteiger partial charge in [-0.1, -0.05) is 31.9 Å². The van der Waals surface area contributed by atoms with Gasteiger partial charge in [0.2, 0.25) is 0 Å². The van der Waals surface area contributed by atoms with Crippen LogP contribution >= 0.6 is 0 Å². The van der Waals surface area contributed by atoms with Gasteiger partial charge in [0.1, 0.15) is 11.6 Å². The lowest BCUT2D eigenvalue weighted by Crippen LogP contribution is -2.25. The third-order valence-corrected chi connectivity index (χ3v) is 5.34. The summed E-state index contributed by atoms with van der Waals surface area (Å²) in [6.45, 7) is 4.72. The van der Waals surface area contributed by atoms with Gasteiger partial charge in [-0.2, -0.15) is 0 Å². The van der Waals surface area contributed by atoms with Crippen molar-refractivity contribution in [1.29, 1.82) is 0 Å². The SMILES string of the molecule is CCCCC1CCC(c2ccc(-c3ccc(OCC)cc3F)c(F)c2F)CO1. The molecule has 3 rings (SSSR count). The lowest BCUT2D eigenvalue weighted by Gasteiger charge is -2.29. The zero-order chi connectivity index (χ0) is 20.1. The number of halogens is 3. The standard InChI is InChI=1S/C23H27F3O2/c1-3-5-6-16-8-7-15(14-28-16)18-11-12-20(23(26)22(18)25)19-10-9-17(27-4-2)13-21(19)24/h9-13,15-16H,3-8,14H2,1-2H3. The Morgan fingerprint density at radius 1 is 1.00 bits per heavy atom. The minimum absolute atomic E-state index is 0.0194. The van der Waals surface area contributed by atoms with E-state index < -0.39 is 17.5 Å². The van der Waals surface area contributed by atoms with Gasteiger partial charge in [-0.25, -0.2) is 13.2 Å². The molecule has 0 aliphatic carbocycles. The molecule has 2 atom stereocenters. The fourth-order valence-electron chi connectivity index (χ4n) is 3.77. The van der Waals surface area contributed by atoms with E-state index in [-0.39, 0.29) is 23.1 Å². The van der Waals surface area contributed by atoms with Gasteiger partial charge in [0.05, 0.1) is 19.3 Å². The first-order chi connectivity index (χ1) is 13.5. The van der Waals surface area contributed by atoms with Gasteiger partial charge in [-0.3, -0.25) is 0 Å². The molecule has 1 aliphatic rings. The van der Waals surface area contributed by atoms with Gasteiger partial charge in [-0.15, -0.1) is 0 Å². The fraction of sp³-hybridized carbons (Fsp3) is 0.478. The number of rotatable bonds is 7. The molecule has 0 bridgehead atoms. The smallest absolute Gasteiger partial charge is 0.167 e. The van der Waals surface area contributed by atoms with E-state index in [1.807, 2.05) is 0 Å². The normalized spacial score (nSPS) is 19.6. The van der Waals surface area contributed by atoms with Crippen LogP contribution in [0.5, 0.6) is 5.75 Å². The second kappa shape index (κ2) is 9.46. The van der Waals surface area contributed by atoms with Crippen molar-refractivity contribution in [3.8, 4) is 16.9 Å². The highest BCUT2D eigenvalue weighted by molar-refractivity contribution is 5.66. The molecule has 2 aromatic rings. The van der Waals surface area contributed by atoms with E-state index in [9.17, 15) is 13.2 Å². The third kappa shape index (κ3) is 4.52. The topological polar surface area (TPSA) is 18.5 Å². The number of hydrogen-bond acceptors (Lipinski definition) is 2. The summed E-state index contributed by atoms with van der Waals surface area (Å²) in [7, 11) is 0. The molecule has 0 radical (unpaired) electrons. The average molecular weight is 392 g/mol. The molecule has 1 saturated heterocycles. The molecule has 0 aromatic heterocycles. The molecule has 2 aromatic carbocycles. The van der Waals surface area contributed by atoms with Crippen LogP contribution in [0.4, 0.5) is 13.2 Å². The highest BCUT2D eigenvalue weighted by Gasteiger charge is 2.27. The van der Waals surface area contributed by atoms with E-state index in [4.69, 9.17) is 9.47 Å². The van der Waals surface area contributed by atoms with Crippen LogP contribution in [0.25, 0.3) is 11.1 Å². The summed E-state index contributed by atoms with van der Waals surface area (Å²) < 4.78 is 55.0. The number of benzene rings is 2. The van der Waals surface area contributed by atoms with Crippen molar-refractivity contribution >= 4 is 0 Å². The van der Waals surface area contributed by atoms with E-state index >= 15 is 0 Å². The predicted molar refractivity (Wildman–Crippen MR) is 104 cm³/mol. The molecule has 2 nitrogen and oxygen atoms in total. The molecule has 0 saturated carbocycles. The summed E-state index contributed by atoms with van der Waals surface area (Å²) in [4.78, 5) is 0. The van der Waals surface area contributed by atoms with Gasteiger partial charge < -0.3 is 9.47 Å². The Labute approximate surface area is 164 Å². The maximum absolute atomic E-state index is 14.8. The second-order valence-electron chi connectivity index (χ2n) is 7.28. The van der Waals surface area contributed by atoms with E-state index in [1.165, 1.54) is 18.2 Å². The van der Waals surface area contributed by atoms with Crippen LogP contribution in [0.3, 0.4) is 0 Å². The highest BCUT2D eigenvalue weighted by Crippen LogP contribution is 2.36. The van der Waals surface area contributed by atoms with Gasteiger partial charge in [0.15, 0.2) is 11.6 Å². The maximum atomic E-state index is 14.8. The van der Waals surface area contributed by atoms with Crippen molar-refractivity contribution in [2.75, 3.05) is 13.2 Å². The minimum Gasteiger partial charge on any atom is -0.494 e. The Morgan fingerprint density at radius 2 is 1.79 bits per heavy atom. The quantitative estimate of drug-likeness (QED) is 0.527. The second-order valence-corrected chi connectivity index (χ2v) is 7.28. The molecule has 0 spiro atoms. The Bertz CT molecular complexity index is 799. The first-order valence-electron chi connectivity index (χ1n) is 10.1. The number of ether oxygens (including phenoxy) is 2. The van der Waals surface area contributed by atoms with E-state index in [1.54, 1.807) is 19.1 Å². The van der Waals surface area contributed by atoms with Crippen LogP contribution in [0.1, 0.15) is 57.4 Å². The van der Waals surface area contributed by atoms with Crippen molar-refractivity contribution in [2.45, 2.75) is 58.0 Å².